The van der Waals surface area contributed by atoms with Crippen LogP contribution in [-0.4, -0.2) is 35.9 Å². The van der Waals surface area contributed by atoms with E-state index in [0.717, 1.165) is 29.5 Å². The summed E-state index contributed by atoms with van der Waals surface area (Å²) < 4.78 is 5.90. The zero-order valence-corrected chi connectivity index (χ0v) is 23.1. The van der Waals surface area contributed by atoms with Gasteiger partial charge in [-0.2, -0.15) is 0 Å². The Morgan fingerprint density at radius 3 is 2.32 bits per heavy atom. The first-order valence-electron chi connectivity index (χ1n) is 12.5. The fraction of sp³-hybridized carbons (Fsp3) is 0.333. The maximum atomic E-state index is 13.7. The molecule has 3 aromatic carbocycles. The van der Waals surface area contributed by atoms with E-state index in [0.29, 0.717) is 34.3 Å². The van der Waals surface area contributed by atoms with Gasteiger partial charge in [0.1, 0.15) is 11.8 Å². The molecule has 0 aromatic heterocycles. The fourth-order valence-corrected chi connectivity index (χ4v) is 4.61. The van der Waals surface area contributed by atoms with Crippen LogP contribution in [0.2, 0.25) is 10.0 Å². The molecule has 0 aliphatic rings. The van der Waals surface area contributed by atoms with Crippen LogP contribution >= 0.6 is 23.2 Å². The van der Waals surface area contributed by atoms with Gasteiger partial charge in [-0.3, -0.25) is 9.59 Å². The Morgan fingerprint density at radius 2 is 1.68 bits per heavy atom. The molecule has 2 amide bonds. The van der Waals surface area contributed by atoms with Gasteiger partial charge in [0, 0.05) is 29.6 Å². The van der Waals surface area contributed by atoms with Crippen molar-refractivity contribution in [3.63, 3.8) is 0 Å². The van der Waals surface area contributed by atoms with Crippen LogP contribution in [0.4, 0.5) is 0 Å². The molecule has 3 rings (SSSR count). The summed E-state index contributed by atoms with van der Waals surface area (Å²) in [7, 11) is 0. The topological polar surface area (TPSA) is 58.6 Å². The highest BCUT2D eigenvalue weighted by atomic mass is 35.5. The van der Waals surface area contributed by atoms with Gasteiger partial charge in [0.2, 0.25) is 5.91 Å². The van der Waals surface area contributed by atoms with E-state index in [2.05, 4.69) is 12.2 Å². The SMILES string of the molecule is CCCCNC(=O)[C@@H](Cc1ccccc1)N(Cc1ccc(Cl)cc1Cl)C(=O)COc1cc(C)cc(C)c1. The van der Waals surface area contributed by atoms with Gasteiger partial charge >= 0.3 is 0 Å². The number of ether oxygens (including phenoxy) is 1. The standard InChI is InChI=1S/C30H34Cl2N2O3/c1-4-5-13-33-30(36)28(17-23-9-7-6-8-10-23)34(19-24-11-12-25(31)18-27(24)32)29(35)20-37-26-15-21(2)14-22(3)16-26/h6-12,14-16,18,28H,4-5,13,17,19-20H2,1-3H3,(H,33,36)/t28-/m1/s1. The van der Waals surface area contributed by atoms with Gasteiger partial charge in [0.05, 0.1) is 0 Å². The molecule has 0 heterocycles. The van der Waals surface area contributed by atoms with Crippen LogP contribution in [0.25, 0.3) is 0 Å². The summed E-state index contributed by atoms with van der Waals surface area (Å²) >= 11 is 12.6. The number of hydrogen-bond acceptors (Lipinski definition) is 3. The third-order valence-electron chi connectivity index (χ3n) is 6.01. The number of carbonyl (C=O) groups excluding carboxylic acids is 2. The van der Waals surface area contributed by atoms with E-state index >= 15 is 0 Å². The van der Waals surface area contributed by atoms with E-state index in [1.54, 1.807) is 23.1 Å². The minimum absolute atomic E-state index is 0.143. The maximum Gasteiger partial charge on any atom is 0.261 e. The van der Waals surface area contributed by atoms with Crippen molar-refractivity contribution >= 4 is 35.0 Å². The summed E-state index contributed by atoms with van der Waals surface area (Å²) in [6.07, 6.45) is 2.17. The predicted molar refractivity (Wildman–Crippen MR) is 150 cm³/mol. The monoisotopic (exact) mass is 540 g/mol. The molecule has 0 radical (unpaired) electrons. The quantitative estimate of drug-likeness (QED) is 0.265. The zero-order valence-electron chi connectivity index (χ0n) is 21.6. The predicted octanol–water partition coefficient (Wildman–Crippen LogP) is 6.55. The van der Waals surface area contributed by atoms with Crippen molar-refractivity contribution in [2.75, 3.05) is 13.2 Å². The minimum Gasteiger partial charge on any atom is -0.484 e. The van der Waals surface area contributed by atoms with Crippen molar-refractivity contribution in [1.29, 1.82) is 0 Å². The molecule has 0 spiro atoms. The van der Waals surface area contributed by atoms with E-state index in [4.69, 9.17) is 27.9 Å². The van der Waals surface area contributed by atoms with E-state index in [1.165, 1.54) is 0 Å². The first kappa shape index (κ1) is 28.5. The summed E-state index contributed by atoms with van der Waals surface area (Å²) in [5, 5.41) is 3.95. The van der Waals surface area contributed by atoms with Gasteiger partial charge < -0.3 is 15.0 Å². The highest BCUT2D eigenvalue weighted by molar-refractivity contribution is 6.35. The van der Waals surface area contributed by atoms with Crippen LogP contribution in [0.1, 0.15) is 42.0 Å². The molecule has 0 saturated carbocycles. The Hall–Kier alpha value is -3.02. The number of carbonyl (C=O) groups is 2. The molecule has 7 heteroatoms. The van der Waals surface area contributed by atoms with Crippen molar-refractivity contribution in [3.8, 4) is 5.75 Å². The summed E-state index contributed by atoms with van der Waals surface area (Å²) in [5.41, 5.74) is 3.74. The third kappa shape index (κ3) is 8.80. The molecular formula is C30H34Cl2N2O3. The maximum absolute atomic E-state index is 13.7. The van der Waals surface area contributed by atoms with Crippen LogP contribution in [-0.2, 0) is 22.6 Å². The number of nitrogens with one attached hydrogen (secondary N) is 1. The Balaban J connectivity index is 1.92. The highest BCUT2D eigenvalue weighted by Gasteiger charge is 2.31. The Bertz CT molecular complexity index is 1180. The molecule has 5 nitrogen and oxygen atoms in total. The molecule has 0 unspecified atom stereocenters. The lowest BCUT2D eigenvalue weighted by Gasteiger charge is -2.32. The number of aryl methyl sites for hydroxylation is 2. The van der Waals surface area contributed by atoms with Gasteiger partial charge in [-0.25, -0.2) is 0 Å². The fourth-order valence-electron chi connectivity index (χ4n) is 4.14. The van der Waals surface area contributed by atoms with Crippen molar-refractivity contribution in [2.45, 2.75) is 52.6 Å². The number of nitrogens with zero attached hydrogens (tertiary/aromatic N) is 1. The Morgan fingerprint density at radius 1 is 0.973 bits per heavy atom. The second-order valence-electron chi connectivity index (χ2n) is 9.22. The number of unbranched alkanes of at least 4 members (excludes halogenated alkanes) is 1. The first-order valence-corrected chi connectivity index (χ1v) is 13.3. The smallest absolute Gasteiger partial charge is 0.261 e. The van der Waals surface area contributed by atoms with Gasteiger partial charge in [0.15, 0.2) is 6.61 Å². The minimum atomic E-state index is -0.749. The molecule has 0 bridgehead atoms. The molecule has 37 heavy (non-hydrogen) atoms. The average Bonchev–Trinajstić information content (AvgIpc) is 2.86. The van der Waals surface area contributed by atoms with Crippen LogP contribution in [0, 0.1) is 13.8 Å². The molecule has 1 atom stereocenters. The summed E-state index contributed by atoms with van der Waals surface area (Å²) in [4.78, 5) is 28.7. The van der Waals surface area contributed by atoms with Crippen LogP contribution in [0.5, 0.6) is 5.75 Å². The van der Waals surface area contributed by atoms with Gasteiger partial charge in [0.25, 0.3) is 5.91 Å². The van der Waals surface area contributed by atoms with Crippen molar-refractivity contribution in [2.24, 2.45) is 0 Å². The second-order valence-corrected chi connectivity index (χ2v) is 10.1. The molecule has 0 saturated heterocycles. The largest absolute Gasteiger partial charge is 0.484 e. The van der Waals surface area contributed by atoms with Gasteiger partial charge in [-0.05, 0) is 66.8 Å². The lowest BCUT2D eigenvalue weighted by molar-refractivity contribution is -0.142. The van der Waals surface area contributed by atoms with E-state index in [-0.39, 0.29) is 25.0 Å². The lowest BCUT2D eigenvalue weighted by Crippen LogP contribution is -2.51. The third-order valence-corrected chi connectivity index (χ3v) is 6.60. The number of halogens is 2. The molecule has 0 fully saturated rings. The van der Waals surface area contributed by atoms with Crippen molar-refractivity contribution in [3.05, 3.63) is 99.0 Å². The van der Waals surface area contributed by atoms with Crippen molar-refractivity contribution < 1.29 is 14.3 Å². The summed E-state index contributed by atoms with van der Waals surface area (Å²) in [6, 6.07) is 19.9. The summed E-state index contributed by atoms with van der Waals surface area (Å²) in [5.74, 6) is 0.0984. The average molecular weight is 542 g/mol. The van der Waals surface area contributed by atoms with E-state index in [9.17, 15) is 9.59 Å². The number of rotatable bonds is 12. The zero-order chi connectivity index (χ0) is 26.8. The van der Waals surface area contributed by atoms with Gasteiger partial charge in [-0.15, -0.1) is 0 Å². The van der Waals surface area contributed by atoms with Crippen LogP contribution in [0.3, 0.4) is 0 Å². The summed E-state index contributed by atoms with van der Waals surface area (Å²) in [6.45, 7) is 6.51. The number of amides is 2. The normalized spacial score (nSPS) is 11.6. The van der Waals surface area contributed by atoms with Crippen LogP contribution in [0.15, 0.2) is 66.7 Å². The Kier molecular flexibility index (Phi) is 10.8. The van der Waals surface area contributed by atoms with E-state index in [1.807, 2.05) is 62.4 Å². The molecule has 0 aliphatic heterocycles. The highest BCUT2D eigenvalue weighted by Crippen LogP contribution is 2.24. The van der Waals surface area contributed by atoms with Crippen LogP contribution < -0.4 is 10.1 Å². The Labute approximate surface area is 229 Å². The molecular weight excluding hydrogens is 507 g/mol. The molecule has 1 N–H and O–H groups in total. The molecule has 3 aromatic rings. The number of benzene rings is 3. The van der Waals surface area contributed by atoms with E-state index < -0.39 is 6.04 Å². The number of hydrogen-bond donors (Lipinski definition) is 1. The molecule has 196 valence electrons. The first-order chi connectivity index (χ1) is 17.8. The van der Waals surface area contributed by atoms with Crippen molar-refractivity contribution in [1.82, 2.24) is 10.2 Å². The van der Waals surface area contributed by atoms with Gasteiger partial charge in [-0.1, -0.05) is 79.0 Å². The molecule has 0 aliphatic carbocycles. The second kappa shape index (κ2) is 14.1. The lowest BCUT2D eigenvalue weighted by atomic mass is 10.0.